The summed E-state index contributed by atoms with van der Waals surface area (Å²) in [5, 5.41) is 3.46. The zero-order chi connectivity index (χ0) is 19.4. The lowest BCUT2D eigenvalue weighted by molar-refractivity contribution is 0.651. The third-order valence-electron chi connectivity index (χ3n) is 5.19. The fourth-order valence-corrected chi connectivity index (χ4v) is 6.28. The highest BCUT2D eigenvalue weighted by molar-refractivity contribution is 7.23. The van der Waals surface area contributed by atoms with Gasteiger partial charge in [0, 0.05) is 26.2 Å². The lowest BCUT2D eigenvalue weighted by atomic mass is 10.1. The van der Waals surface area contributed by atoms with Crippen molar-refractivity contribution < 1.29 is 0 Å². The third kappa shape index (κ3) is 3.03. The van der Waals surface area contributed by atoms with Crippen molar-refractivity contribution >= 4 is 76.6 Å². The number of thiazole rings is 2. The van der Waals surface area contributed by atoms with Crippen molar-refractivity contribution in [1.82, 2.24) is 9.97 Å². The maximum Gasteiger partial charge on any atom is 0.186 e. The maximum absolute atomic E-state index is 6.33. The minimum absolute atomic E-state index is 0.653. The predicted octanol–water partition coefficient (Wildman–Crippen LogP) is 6.16. The largest absolute Gasteiger partial charge is 0.345 e. The van der Waals surface area contributed by atoms with Gasteiger partial charge in [0.05, 0.1) is 25.0 Å². The lowest BCUT2D eigenvalue weighted by Gasteiger charge is -2.34. The van der Waals surface area contributed by atoms with Gasteiger partial charge in [0.1, 0.15) is 5.52 Å². The Balaban J connectivity index is 1.38. The van der Waals surface area contributed by atoms with Crippen LogP contribution in [0.25, 0.3) is 20.4 Å². The zero-order valence-corrected chi connectivity index (χ0v) is 18.6. The second kappa shape index (κ2) is 7.02. The number of piperazine rings is 1. The minimum Gasteiger partial charge on any atom is -0.345 e. The molecule has 144 valence electrons. The maximum atomic E-state index is 6.33. The molecule has 0 unspecified atom stereocenters. The predicted molar refractivity (Wildman–Crippen MR) is 123 cm³/mol. The smallest absolute Gasteiger partial charge is 0.186 e. The van der Waals surface area contributed by atoms with Crippen LogP contribution in [0.5, 0.6) is 0 Å². The van der Waals surface area contributed by atoms with Gasteiger partial charge in [-0.15, -0.1) is 0 Å². The highest BCUT2D eigenvalue weighted by Crippen LogP contribution is 2.38. The highest BCUT2D eigenvalue weighted by atomic mass is 35.5. The SMILES string of the molecule is Cc1ccc(C)c2sc(N3CCN(c4nc5c(Cl)ccc(Cl)c5s4)CC3)nc12. The first-order chi connectivity index (χ1) is 13.5. The van der Waals surface area contributed by atoms with E-state index in [9.17, 15) is 0 Å². The van der Waals surface area contributed by atoms with Gasteiger partial charge in [-0.3, -0.25) is 0 Å². The van der Waals surface area contributed by atoms with Crippen molar-refractivity contribution in [2.24, 2.45) is 0 Å². The third-order valence-corrected chi connectivity index (χ3v) is 8.32. The number of fused-ring (bicyclic) bond motifs is 2. The van der Waals surface area contributed by atoms with Crippen molar-refractivity contribution in [1.29, 1.82) is 0 Å². The number of hydrogen-bond donors (Lipinski definition) is 0. The molecule has 8 heteroatoms. The van der Waals surface area contributed by atoms with Crippen LogP contribution < -0.4 is 9.80 Å². The number of nitrogens with zero attached hydrogens (tertiary/aromatic N) is 4. The zero-order valence-electron chi connectivity index (χ0n) is 15.5. The quantitative estimate of drug-likeness (QED) is 0.367. The van der Waals surface area contributed by atoms with Gasteiger partial charge >= 0.3 is 0 Å². The van der Waals surface area contributed by atoms with Gasteiger partial charge in [-0.1, -0.05) is 58.0 Å². The van der Waals surface area contributed by atoms with Crippen molar-refractivity contribution in [3.8, 4) is 0 Å². The number of rotatable bonds is 2. The Hall–Kier alpha value is -1.60. The van der Waals surface area contributed by atoms with E-state index in [0.29, 0.717) is 10.0 Å². The Morgan fingerprint density at radius 3 is 1.86 bits per heavy atom. The van der Waals surface area contributed by atoms with E-state index in [1.165, 1.54) is 15.8 Å². The molecule has 1 aliphatic rings. The van der Waals surface area contributed by atoms with Gasteiger partial charge in [0.2, 0.25) is 0 Å². The first-order valence-corrected chi connectivity index (χ1v) is 11.5. The lowest BCUT2D eigenvalue weighted by Crippen LogP contribution is -2.46. The standard InChI is InChI=1S/C20H18Cl2N4S2/c1-11-3-4-12(2)17-15(11)23-19(27-17)25-7-9-26(10-8-25)20-24-16-13(21)5-6-14(22)18(16)28-20/h3-6H,7-10H2,1-2H3. The van der Waals surface area contributed by atoms with Crippen molar-refractivity contribution in [3.63, 3.8) is 0 Å². The summed E-state index contributed by atoms with van der Waals surface area (Å²) in [6, 6.07) is 7.98. The number of anilines is 2. The fourth-order valence-electron chi connectivity index (χ4n) is 3.54. The molecule has 5 rings (SSSR count). The van der Waals surface area contributed by atoms with Crippen LogP contribution in [0.1, 0.15) is 11.1 Å². The molecule has 1 aliphatic heterocycles. The Morgan fingerprint density at radius 1 is 0.714 bits per heavy atom. The van der Waals surface area contributed by atoms with Gasteiger partial charge in [-0.05, 0) is 37.1 Å². The molecule has 0 N–H and O–H groups in total. The Kier molecular flexibility index (Phi) is 4.62. The van der Waals surface area contributed by atoms with E-state index in [2.05, 4.69) is 35.8 Å². The van der Waals surface area contributed by atoms with Crippen LogP contribution in [0, 0.1) is 13.8 Å². The Morgan fingerprint density at radius 2 is 1.25 bits per heavy atom. The van der Waals surface area contributed by atoms with Crippen LogP contribution in [-0.4, -0.2) is 36.1 Å². The molecule has 1 saturated heterocycles. The highest BCUT2D eigenvalue weighted by Gasteiger charge is 2.23. The van der Waals surface area contributed by atoms with Gasteiger partial charge < -0.3 is 9.80 Å². The molecule has 3 heterocycles. The van der Waals surface area contributed by atoms with E-state index in [-0.39, 0.29) is 0 Å². The number of aryl methyl sites for hydroxylation is 2. The van der Waals surface area contributed by atoms with Crippen LogP contribution in [0.15, 0.2) is 24.3 Å². The van der Waals surface area contributed by atoms with E-state index in [4.69, 9.17) is 33.2 Å². The van der Waals surface area contributed by atoms with E-state index >= 15 is 0 Å². The van der Waals surface area contributed by atoms with Crippen molar-refractivity contribution in [2.75, 3.05) is 36.0 Å². The van der Waals surface area contributed by atoms with Gasteiger partial charge in [0.25, 0.3) is 0 Å². The number of aromatic nitrogens is 2. The number of benzene rings is 2. The van der Waals surface area contributed by atoms with E-state index < -0.39 is 0 Å². The summed E-state index contributed by atoms with van der Waals surface area (Å²) in [4.78, 5) is 14.4. The molecule has 0 atom stereocenters. The second-order valence-electron chi connectivity index (χ2n) is 7.05. The first kappa shape index (κ1) is 18.4. The summed E-state index contributed by atoms with van der Waals surface area (Å²) >= 11 is 16.0. The van der Waals surface area contributed by atoms with Crippen LogP contribution in [-0.2, 0) is 0 Å². The van der Waals surface area contributed by atoms with Crippen molar-refractivity contribution in [3.05, 3.63) is 45.4 Å². The van der Waals surface area contributed by atoms with Crippen LogP contribution in [0.2, 0.25) is 10.0 Å². The summed E-state index contributed by atoms with van der Waals surface area (Å²) in [6.07, 6.45) is 0. The average molecular weight is 449 g/mol. The van der Waals surface area contributed by atoms with E-state index in [0.717, 1.165) is 52.2 Å². The molecule has 0 saturated carbocycles. The molecule has 0 spiro atoms. The molecule has 1 fully saturated rings. The van der Waals surface area contributed by atoms with Crippen LogP contribution in [0.4, 0.5) is 10.3 Å². The molecular weight excluding hydrogens is 431 g/mol. The Labute approximate surface area is 181 Å². The summed E-state index contributed by atoms with van der Waals surface area (Å²) in [5.74, 6) is 0. The summed E-state index contributed by atoms with van der Waals surface area (Å²) in [6.45, 7) is 7.95. The molecule has 0 bridgehead atoms. The molecule has 0 amide bonds. The molecular formula is C20H18Cl2N4S2. The average Bonchev–Trinajstić information content (AvgIpc) is 3.34. The van der Waals surface area contributed by atoms with Crippen LogP contribution >= 0.6 is 45.9 Å². The molecule has 2 aromatic heterocycles. The van der Waals surface area contributed by atoms with Crippen molar-refractivity contribution in [2.45, 2.75) is 13.8 Å². The minimum atomic E-state index is 0.653. The summed E-state index contributed by atoms with van der Waals surface area (Å²) in [7, 11) is 0. The Bertz CT molecular complexity index is 1020. The molecule has 4 nitrogen and oxygen atoms in total. The monoisotopic (exact) mass is 448 g/mol. The summed E-state index contributed by atoms with van der Waals surface area (Å²) < 4.78 is 2.26. The molecule has 2 aromatic carbocycles. The molecule has 4 aromatic rings. The van der Waals surface area contributed by atoms with Gasteiger partial charge in [-0.2, -0.15) is 0 Å². The second-order valence-corrected chi connectivity index (χ2v) is 9.82. The van der Waals surface area contributed by atoms with Gasteiger partial charge in [0.15, 0.2) is 10.3 Å². The molecule has 28 heavy (non-hydrogen) atoms. The number of halogens is 2. The first-order valence-electron chi connectivity index (χ1n) is 9.12. The molecule has 0 radical (unpaired) electrons. The van der Waals surface area contributed by atoms with E-state index in [1.54, 1.807) is 22.7 Å². The van der Waals surface area contributed by atoms with E-state index in [1.807, 2.05) is 12.1 Å². The molecule has 0 aliphatic carbocycles. The summed E-state index contributed by atoms with van der Waals surface area (Å²) in [5.41, 5.74) is 4.47. The fraction of sp³-hybridized carbons (Fsp3) is 0.300. The topological polar surface area (TPSA) is 32.3 Å². The van der Waals surface area contributed by atoms with Crippen LogP contribution in [0.3, 0.4) is 0 Å². The van der Waals surface area contributed by atoms with Gasteiger partial charge in [-0.25, -0.2) is 9.97 Å². The number of hydrogen-bond acceptors (Lipinski definition) is 6. The normalized spacial score (nSPS) is 15.1.